The molecule has 1 aliphatic rings. The number of nitrogens with one attached hydrogen (secondary N) is 1. The largest absolute Gasteiger partial charge is 0.340 e. The molecule has 0 unspecified atom stereocenters. The van der Waals surface area contributed by atoms with Crippen LogP contribution in [0.3, 0.4) is 0 Å². The third-order valence-electron chi connectivity index (χ3n) is 4.02. The molecule has 1 aliphatic heterocycles. The monoisotopic (exact) mass is 348 g/mol. The number of rotatable bonds is 3. The second-order valence-electron chi connectivity index (χ2n) is 5.41. The number of hydrogen-bond acceptors (Lipinski definition) is 5. The molecule has 2 aromatic heterocycles. The van der Waals surface area contributed by atoms with Crippen LogP contribution in [-0.4, -0.2) is 48.9 Å². The maximum atomic E-state index is 12.8. The van der Waals surface area contributed by atoms with Gasteiger partial charge in [0.15, 0.2) is 0 Å². The topological polar surface area (TPSA) is 69.3 Å². The van der Waals surface area contributed by atoms with Gasteiger partial charge in [-0.3, -0.25) is 0 Å². The van der Waals surface area contributed by atoms with E-state index in [2.05, 4.69) is 14.9 Å². The molecular weight excluding hydrogens is 332 g/mol. The first-order valence-electron chi connectivity index (χ1n) is 7.38. The fourth-order valence-electron chi connectivity index (χ4n) is 2.78. The van der Waals surface area contributed by atoms with E-state index in [0.717, 1.165) is 16.0 Å². The summed E-state index contributed by atoms with van der Waals surface area (Å²) in [5.41, 5.74) is 0. The molecule has 3 aromatic rings. The van der Waals surface area contributed by atoms with E-state index < -0.39 is 10.0 Å². The Labute approximate surface area is 138 Å². The average Bonchev–Trinajstić information content (AvgIpc) is 3.24. The lowest BCUT2D eigenvalue weighted by atomic mass is 10.3. The molecule has 0 aliphatic carbocycles. The number of piperazine rings is 1. The molecule has 0 amide bonds. The Kier molecular flexibility index (Phi) is 3.59. The molecule has 3 heterocycles. The van der Waals surface area contributed by atoms with Crippen LogP contribution in [-0.2, 0) is 10.0 Å². The normalized spacial score (nSPS) is 17.0. The van der Waals surface area contributed by atoms with Crippen LogP contribution in [0, 0.1) is 0 Å². The minimum absolute atomic E-state index is 0.421. The van der Waals surface area contributed by atoms with E-state index in [1.807, 2.05) is 24.3 Å². The quantitative estimate of drug-likeness (QED) is 0.787. The van der Waals surface area contributed by atoms with E-state index >= 15 is 0 Å². The Bertz CT molecular complexity index is 877. The van der Waals surface area contributed by atoms with Gasteiger partial charge in [-0.1, -0.05) is 18.2 Å². The first-order valence-corrected chi connectivity index (χ1v) is 9.63. The summed E-state index contributed by atoms with van der Waals surface area (Å²) in [4.78, 5) is 9.34. The number of aromatic amines is 1. The average molecular weight is 348 g/mol. The summed E-state index contributed by atoms with van der Waals surface area (Å²) >= 11 is 1.33. The highest BCUT2D eigenvalue weighted by atomic mass is 32.2. The van der Waals surface area contributed by atoms with Crippen LogP contribution in [0.5, 0.6) is 0 Å². The second kappa shape index (κ2) is 5.63. The van der Waals surface area contributed by atoms with Crippen molar-refractivity contribution in [3.63, 3.8) is 0 Å². The maximum Gasteiger partial charge on any atom is 0.252 e. The summed E-state index contributed by atoms with van der Waals surface area (Å²) < 4.78 is 28.7. The van der Waals surface area contributed by atoms with Crippen LogP contribution in [0.1, 0.15) is 0 Å². The highest BCUT2D eigenvalue weighted by Crippen LogP contribution is 2.31. The minimum Gasteiger partial charge on any atom is -0.340 e. The Balaban J connectivity index is 1.55. The lowest BCUT2D eigenvalue weighted by Gasteiger charge is -2.33. The molecule has 0 spiro atoms. The maximum absolute atomic E-state index is 12.8. The molecule has 0 bridgehead atoms. The molecule has 1 N–H and O–H groups in total. The number of fused-ring (bicyclic) bond motifs is 1. The van der Waals surface area contributed by atoms with Gasteiger partial charge in [-0.2, -0.15) is 4.31 Å². The zero-order valence-corrected chi connectivity index (χ0v) is 14.0. The van der Waals surface area contributed by atoms with Crippen molar-refractivity contribution in [2.45, 2.75) is 4.21 Å². The Morgan fingerprint density at radius 2 is 1.91 bits per heavy atom. The molecule has 1 fully saturated rings. The first-order chi connectivity index (χ1) is 11.1. The van der Waals surface area contributed by atoms with Gasteiger partial charge in [0.1, 0.15) is 4.21 Å². The van der Waals surface area contributed by atoms with Crippen LogP contribution in [0.25, 0.3) is 10.1 Å². The fourth-order valence-corrected chi connectivity index (χ4v) is 5.76. The van der Waals surface area contributed by atoms with E-state index in [4.69, 9.17) is 0 Å². The summed E-state index contributed by atoms with van der Waals surface area (Å²) in [5, 5.41) is 0.977. The van der Waals surface area contributed by atoms with Crippen molar-refractivity contribution >= 4 is 37.4 Å². The highest BCUT2D eigenvalue weighted by molar-refractivity contribution is 7.91. The molecular formula is C15H16N4O2S2. The fraction of sp³-hybridized carbons (Fsp3) is 0.267. The standard InChI is InChI=1S/C15H16N4O2S2/c20-23(21,14-11-12-3-1-2-4-13(12)22-14)19-9-7-18(8-10-19)15-16-5-6-17-15/h1-6,11H,7-10H2,(H,16,17). The van der Waals surface area contributed by atoms with Gasteiger partial charge in [0, 0.05) is 43.3 Å². The number of sulfonamides is 1. The van der Waals surface area contributed by atoms with Gasteiger partial charge in [0.2, 0.25) is 5.95 Å². The van der Waals surface area contributed by atoms with Crippen molar-refractivity contribution in [3.05, 3.63) is 42.7 Å². The zero-order valence-electron chi connectivity index (χ0n) is 12.3. The molecule has 1 saturated heterocycles. The van der Waals surface area contributed by atoms with Crippen LogP contribution >= 0.6 is 11.3 Å². The summed E-state index contributed by atoms with van der Waals surface area (Å²) in [6, 6.07) is 9.52. The predicted octanol–water partition coefficient (Wildman–Crippen LogP) is 2.14. The predicted molar refractivity (Wildman–Crippen MR) is 91.4 cm³/mol. The molecule has 120 valence electrons. The Morgan fingerprint density at radius 3 is 2.61 bits per heavy atom. The summed E-state index contributed by atoms with van der Waals surface area (Å²) in [7, 11) is -3.42. The van der Waals surface area contributed by atoms with E-state index in [1.165, 1.54) is 11.3 Å². The summed E-state index contributed by atoms with van der Waals surface area (Å²) in [6.07, 6.45) is 3.48. The van der Waals surface area contributed by atoms with Crippen molar-refractivity contribution in [3.8, 4) is 0 Å². The third kappa shape index (κ3) is 2.62. The van der Waals surface area contributed by atoms with Crippen LogP contribution in [0.2, 0.25) is 0 Å². The molecule has 1 aromatic carbocycles. The van der Waals surface area contributed by atoms with Crippen molar-refractivity contribution in [1.82, 2.24) is 14.3 Å². The molecule has 0 radical (unpaired) electrons. The Hall–Kier alpha value is -1.90. The van der Waals surface area contributed by atoms with Gasteiger partial charge in [-0.15, -0.1) is 11.3 Å². The number of nitrogens with zero attached hydrogens (tertiary/aromatic N) is 3. The number of hydrogen-bond donors (Lipinski definition) is 1. The SMILES string of the molecule is O=S(=O)(c1cc2ccccc2s1)N1CCN(c2ncc[nH]2)CC1. The van der Waals surface area contributed by atoms with Crippen molar-refractivity contribution in [2.75, 3.05) is 31.1 Å². The number of imidazole rings is 1. The van der Waals surface area contributed by atoms with Crippen molar-refractivity contribution in [2.24, 2.45) is 0 Å². The van der Waals surface area contributed by atoms with Gasteiger partial charge in [-0.05, 0) is 17.5 Å². The third-order valence-corrected chi connectivity index (χ3v) is 7.48. The van der Waals surface area contributed by atoms with E-state index in [0.29, 0.717) is 30.4 Å². The molecule has 4 rings (SSSR count). The number of thiophene rings is 1. The Morgan fingerprint density at radius 1 is 1.13 bits per heavy atom. The van der Waals surface area contributed by atoms with Gasteiger partial charge >= 0.3 is 0 Å². The highest BCUT2D eigenvalue weighted by Gasteiger charge is 2.30. The molecule has 23 heavy (non-hydrogen) atoms. The van der Waals surface area contributed by atoms with E-state index in [-0.39, 0.29) is 0 Å². The second-order valence-corrected chi connectivity index (χ2v) is 8.66. The van der Waals surface area contributed by atoms with Gasteiger partial charge in [0.25, 0.3) is 10.0 Å². The lowest BCUT2D eigenvalue weighted by Crippen LogP contribution is -2.48. The van der Waals surface area contributed by atoms with E-state index in [1.54, 1.807) is 22.8 Å². The smallest absolute Gasteiger partial charge is 0.252 e. The molecule has 0 atom stereocenters. The minimum atomic E-state index is -3.42. The summed E-state index contributed by atoms with van der Waals surface area (Å²) in [5.74, 6) is 0.795. The number of H-pyrrole nitrogens is 1. The van der Waals surface area contributed by atoms with Crippen molar-refractivity contribution in [1.29, 1.82) is 0 Å². The molecule has 8 heteroatoms. The van der Waals surface area contributed by atoms with Crippen LogP contribution in [0.4, 0.5) is 5.95 Å². The van der Waals surface area contributed by atoms with Crippen LogP contribution < -0.4 is 4.90 Å². The lowest BCUT2D eigenvalue weighted by molar-refractivity contribution is 0.384. The van der Waals surface area contributed by atoms with E-state index in [9.17, 15) is 8.42 Å². The number of benzene rings is 1. The zero-order chi connectivity index (χ0) is 15.9. The summed E-state index contributed by atoms with van der Waals surface area (Å²) in [6.45, 7) is 2.21. The molecule has 0 saturated carbocycles. The van der Waals surface area contributed by atoms with Gasteiger partial charge in [0.05, 0.1) is 0 Å². The van der Waals surface area contributed by atoms with Gasteiger partial charge < -0.3 is 9.88 Å². The van der Waals surface area contributed by atoms with Crippen molar-refractivity contribution < 1.29 is 8.42 Å². The van der Waals surface area contributed by atoms with Crippen LogP contribution in [0.15, 0.2) is 46.9 Å². The number of anilines is 1. The number of aromatic nitrogens is 2. The first kappa shape index (κ1) is 14.7. The molecule has 6 nitrogen and oxygen atoms in total. The van der Waals surface area contributed by atoms with Gasteiger partial charge in [-0.25, -0.2) is 13.4 Å².